The van der Waals surface area contributed by atoms with Crippen LogP contribution in [0, 0.1) is 5.41 Å². The molecule has 1 amide bonds. The lowest BCUT2D eigenvalue weighted by molar-refractivity contribution is 0.0930. The molecule has 1 heterocycles. The van der Waals surface area contributed by atoms with Crippen LogP contribution in [0.3, 0.4) is 0 Å². The summed E-state index contributed by atoms with van der Waals surface area (Å²) >= 11 is 0. The average Bonchev–Trinajstić information content (AvgIpc) is 2.47. The number of amides is 1. The maximum absolute atomic E-state index is 11.6. The second kappa shape index (κ2) is 7.30. The van der Waals surface area contributed by atoms with Crippen molar-refractivity contribution in [2.45, 2.75) is 64.8 Å². The highest BCUT2D eigenvalue weighted by molar-refractivity contribution is 5.67. The summed E-state index contributed by atoms with van der Waals surface area (Å²) in [5.74, 6) is 0. The Morgan fingerprint density at radius 2 is 1.90 bits per heavy atom. The molecule has 0 unspecified atom stereocenters. The zero-order valence-electron chi connectivity index (χ0n) is 13.1. The van der Waals surface area contributed by atoms with Crippen LogP contribution in [0.15, 0.2) is 0 Å². The van der Waals surface area contributed by atoms with Crippen molar-refractivity contribution in [3.05, 3.63) is 0 Å². The topological polar surface area (TPSA) is 41.6 Å². The van der Waals surface area contributed by atoms with Crippen molar-refractivity contribution < 1.29 is 9.53 Å². The molecule has 116 valence electrons. The third kappa shape index (κ3) is 4.37. The zero-order valence-corrected chi connectivity index (χ0v) is 13.1. The molecule has 1 saturated carbocycles. The lowest BCUT2D eigenvalue weighted by Crippen LogP contribution is -2.47. The van der Waals surface area contributed by atoms with Crippen LogP contribution in [0.1, 0.15) is 58.8 Å². The summed E-state index contributed by atoms with van der Waals surface area (Å²) in [6.07, 6.45) is 8.87. The Balaban J connectivity index is 1.68. The van der Waals surface area contributed by atoms with Gasteiger partial charge in [0.2, 0.25) is 0 Å². The Morgan fingerprint density at radius 1 is 1.25 bits per heavy atom. The van der Waals surface area contributed by atoms with Gasteiger partial charge in [0.15, 0.2) is 0 Å². The molecule has 2 rings (SSSR count). The Kier molecular flexibility index (Phi) is 5.70. The molecule has 1 aliphatic heterocycles. The number of hydrogen-bond donors (Lipinski definition) is 1. The van der Waals surface area contributed by atoms with E-state index in [0.29, 0.717) is 18.1 Å². The summed E-state index contributed by atoms with van der Waals surface area (Å²) in [6.45, 7) is 7.54. The van der Waals surface area contributed by atoms with Crippen molar-refractivity contribution >= 4 is 6.09 Å². The van der Waals surface area contributed by atoms with Crippen LogP contribution in [0.25, 0.3) is 0 Å². The van der Waals surface area contributed by atoms with Crippen LogP contribution in [-0.2, 0) is 4.74 Å². The average molecular weight is 282 g/mol. The van der Waals surface area contributed by atoms with Crippen molar-refractivity contribution in [1.82, 2.24) is 10.2 Å². The van der Waals surface area contributed by atoms with Gasteiger partial charge in [-0.3, -0.25) is 0 Å². The molecule has 0 aromatic heterocycles. The van der Waals surface area contributed by atoms with Gasteiger partial charge in [0.25, 0.3) is 0 Å². The summed E-state index contributed by atoms with van der Waals surface area (Å²) in [5.41, 5.74) is 0.497. The van der Waals surface area contributed by atoms with E-state index in [0.717, 1.165) is 32.5 Å². The van der Waals surface area contributed by atoms with E-state index in [4.69, 9.17) is 4.74 Å². The van der Waals surface area contributed by atoms with Crippen molar-refractivity contribution in [3.8, 4) is 0 Å². The van der Waals surface area contributed by atoms with Gasteiger partial charge in [0.05, 0.1) is 6.61 Å². The predicted octanol–water partition coefficient (Wildman–Crippen LogP) is 3.17. The van der Waals surface area contributed by atoms with Gasteiger partial charge in [-0.05, 0) is 38.0 Å². The van der Waals surface area contributed by atoms with Crippen LogP contribution in [0.5, 0.6) is 0 Å². The fourth-order valence-electron chi connectivity index (χ4n) is 3.45. The second-order valence-corrected chi connectivity index (χ2v) is 6.71. The molecule has 2 aliphatic rings. The first-order valence-corrected chi connectivity index (χ1v) is 8.28. The first kappa shape index (κ1) is 15.6. The first-order valence-electron chi connectivity index (χ1n) is 8.28. The zero-order chi connectivity index (χ0) is 14.4. The summed E-state index contributed by atoms with van der Waals surface area (Å²) in [7, 11) is 0. The monoisotopic (exact) mass is 282 g/mol. The van der Waals surface area contributed by atoms with Crippen molar-refractivity contribution in [1.29, 1.82) is 0 Å². The summed E-state index contributed by atoms with van der Waals surface area (Å²) < 4.78 is 5.05. The smallest absolute Gasteiger partial charge is 0.409 e. The molecule has 2 fully saturated rings. The number of nitrogens with zero attached hydrogens (tertiary/aromatic N) is 1. The number of carbonyl (C=O) groups is 1. The van der Waals surface area contributed by atoms with Crippen molar-refractivity contribution in [3.63, 3.8) is 0 Å². The van der Waals surface area contributed by atoms with Crippen LogP contribution < -0.4 is 5.32 Å². The first-order chi connectivity index (χ1) is 9.63. The molecule has 20 heavy (non-hydrogen) atoms. The molecule has 0 spiro atoms. The largest absolute Gasteiger partial charge is 0.450 e. The fraction of sp³-hybridized carbons (Fsp3) is 0.938. The van der Waals surface area contributed by atoms with Gasteiger partial charge in [-0.2, -0.15) is 0 Å². The number of carbonyl (C=O) groups excluding carboxylic acids is 1. The highest BCUT2D eigenvalue weighted by Crippen LogP contribution is 2.35. The number of likely N-dealkylation sites (tertiary alicyclic amines) is 1. The van der Waals surface area contributed by atoms with Gasteiger partial charge >= 0.3 is 6.09 Å². The number of rotatable bonds is 4. The maximum atomic E-state index is 11.6. The molecular weight excluding hydrogens is 252 g/mol. The normalized spacial score (nSPS) is 23.6. The number of hydrogen-bond acceptors (Lipinski definition) is 3. The lowest BCUT2D eigenvalue weighted by Gasteiger charge is -2.37. The molecule has 0 aromatic rings. The predicted molar refractivity (Wildman–Crippen MR) is 80.8 cm³/mol. The molecule has 1 aliphatic carbocycles. The van der Waals surface area contributed by atoms with Crippen LogP contribution in [-0.4, -0.2) is 43.3 Å². The van der Waals surface area contributed by atoms with Gasteiger partial charge in [-0.1, -0.05) is 26.2 Å². The second-order valence-electron chi connectivity index (χ2n) is 6.71. The molecule has 4 heteroatoms. The third-order valence-electron chi connectivity index (χ3n) is 4.90. The van der Waals surface area contributed by atoms with Gasteiger partial charge < -0.3 is 15.0 Å². The number of ether oxygens (including phenoxy) is 1. The minimum Gasteiger partial charge on any atom is -0.450 e. The summed E-state index contributed by atoms with van der Waals surface area (Å²) in [6, 6.07) is 0.569. The lowest BCUT2D eigenvalue weighted by atomic mass is 9.75. The molecule has 1 N–H and O–H groups in total. The van der Waals surface area contributed by atoms with E-state index in [1.807, 2.05) is 11.8 Å². The van der Waals surface area contributed by atoms with E-state index in [2.05, 4.69) is 12.2 Å². The molecule has 1 saturated heterocycles. The quantitative estimate of drug-likeness (QED) is 0.861. The van der Waals surface area contributed by atoms with Crippen molar-refractivity contribution in [2.24, 2.45) is 5.41 Å². The molecule has 0 atom stereocenters. The maximum Gasteiger partial charge on any atom is 0.409 e. The minimum absolute atomic E-state index is 0.148. The van der Waals surface area contributed by atoms with Gasteiger partial charge in [-0.25, -0.2) is 4.79 Å². The van der Waals surface area contributed by atoms with E-state index in [1.54, 1.807) is 0 Å². The summed E-state index contributed by atoms with van der Waals surface area (Å²) in [5, 5.41) is 3.74. The van der Waals surface area contributed by atoms with Crippen molar-refractivity contribution in [2.75, 3.05) is 26.2 Å². The molecular formula is C16H30N2O2. The van der Waals surface area contributed by atoms with Gasteiger partial charge in [0.1, 0.15) is 0 Å². The highest BCUT2D eigenvalue weighted by Gasteiger charge is 2.29. The molecule has 0 aromatic carbocycles. The van der Waals surface area contributed by atoms with E-state index in [1.165, 1.54) is 32.1 Å². The van der Waals surface area contributed by atoms with E-state index >= 15 is 0 Å². The standard InChI is InChI=1S/C16H30N2O2/c1-3-20-15(19)18-11-7-14(8-12-18)17-13-16(2)9-5-4-6-10-16/h14,17H,3-13H2,1-2H3. The fourth-order valence-corrected chi connectivity index (χ4v) is 3.45. The summed E-state index contributed by atoms with van der Waals surface area (Å²) in [4.78, 5) is 13.5. The third-order valence-corrected chi connectivity index (χ3v) is 4.90. The number of piperidine rings is 1. The van der Waals surface area contributed by atoms with E-state index in [9.17, 15) is 4.79 Å². The minimum atomic E-state index is -0.148. The Labute approximate surface area is 123 Å². The molecule has 0 bridgehead atoms. The van der Waals surface area contributed by atoms with Gasteiger partial charge in [-0.15, -0.1) is 0 Å². The van der Waals surface area contributed by atoms with Crippen LogP contribution in [0.2, 0.25) is 0 Å². The van der Waals surface area contributed by atoms with E-state index in [-0.39, 0.29) is 6.09 Å². The van der Waals surface area contributed by atoms with E-state index < -0.39 is 0 Å². The molecule has 0 radical (unpaired) electrons. The Hall–Kier alpha value is -0.770. The Bertz CT molecular complexity index is 306. The highest BCUT2D eigenvalue weighted by atomic mass is 16.6. The Morgan fingerprint density at radius 3 is 2.50 bits per heavy atom. The van der Waals surface area contributed by atoms with Crippen LogP contribution >= 0.6 is 0 Å². The molecule has 4 nitrogen and oxygen atoms in total. The number of nitrogens with one attached hydrogen (secondary N) is 1. The SMILES string of the molecule is CCOC(=O)N1CCC(NCC2(C)CCCCC2)CC1. The van der Waals surface area contributed by atoms with Gasteiger partial charge in [0, 0.05) is 25.7 Å². The van der Waals surface area contributed by atoms with Crippen LogP contribution in [0.4, 0.5) is 4.79 Å².